The second-order valence-corrected chi connectivity index (χ2v) is 15.0. The standard InChI is InChI=1S/C46H86N2O6/c1-5-9-11-13-15-17-19-21-23-25-27-29-31-33-35-37-44(49)53-42-43(41-47-46(51)52-40-39-48(7-3)8-4)54-45(50)38-36-34-32-30-28-26-24-22-20-18-16-14-12-10-6-2/h21-24,43H,5-20,25-42H2,1-4H3,(H,47,51). The highest BCUT2D eigenvalue weighted by molar-refractivity contribution is 5.70. The van der Waals surface area contributed by atoms with Gasteiger partial charge < -0.3 is 24.4 Å². The molecule has 54 heavy (non-hydrogen) atoms. The van der Waals surface area contributed by atoms with Crippen molar-refractivity contribution in [2.45, 2.75) is 214 Å². The minimum absolute atomic E-state index is 0.0307. The van der Waals surface area contributed by atoms with E-state index in [-0.39, 0.29) is 31.7 Å². The maximum Gasteiger partial charge on any atom is 0.407 e. The summed E-state index contributed by atoms with van der Waals surface area (Å²) in [5.74, 6) is -0.629. The van der Waals surface area contributed by atoms with Crippen molar-refractivity contribution in [2.75, 3.05) is 39.4 Å². The van der Waals surface area contributed by atoms with Gasteiger partial charge in [0.2, 0.25) is 0 Å². The lowest BCUT2D eigenvalue weighted by Crippen LogP contribution is -2.39. The normalized spacial score (nSPS) is 12.2. The van der Waals surface area contributed by atoms with Crippen LogP contribution in [0.2, 0.25) is 0 Å². The fourth-order valence-corrected chi connectivity index (χ4v) is 6.37. The first-order valence-corrected chi connectivity index (χ1v) is 22.7. The summed E-state index contributed by atoms with van der Waals surface area (Å²) in [6.45, 7) is 11.3. The second-order valence-electron chi connectivity index (χ2n) is 15.0. The Morgan fingerprint density at radius 3 is 1.37 bits per heavy atom. The minimum Gasteiger partial charge on any atom is -0.462 e. The predicted octanol–water partition coefficient (Wildman–Crippen LogP) is 12.6. The lowest BCUT2D eigenvalue weighted by atomic mass is 10.1. The van der Waals surface area contributed by atoms with Crippen LogP contribution in [-0.2, 0) is 23.8 Å². The molecule has 0 aliphatic rings. The van der Waals surface area contributed by atoms with Crippen molar-refractivity contribution >= 4 is 18.0 Å². The molecule has 1 unspecified atom stereocenters. The van der Waals surface area contributed by atoms with Gasteiger partial charge in [0.15, 0.2) is 6.10 Å². The summed E-state index contributed by atoms with van der Waals surface area (Å²) in [4.78, 5) is 39.7. The maximum atomic E-state index is 12.7. The SMILES string of the molecule is CCCCCCCCC=CCCCCCCCC(=O)OCC(CNC(=O)OCCN(CC)CC)OC(=O)CCCCCCCC=CCCCCCCCC. The maximum absolute atomic E-state index is 12.7. The number of unbranched alkanes of at least 4 members (excludes halogenated alkanes) is 22. The zero-order valence-electron chi connectivity index (χ0n) is 35.8. The van der Waals surface area contributed by atoms with Crippen LogP contribution in [0.4, 0.5) is 4.79 Å². The largest absolute Gasteiger partial charge is 0.462 e. The molecule has 1 N–H and O–H groups in total. The van der Waals surface area contributed by atoms with Gasteiger partial charge in [-0.05, 0) is 77.3 Å². The Kier molecular flexibility index (Phi) is 40.0. The number of ether oxygens (including phenoxy) is 3. The molecule has 0 aliphatic carbocycles. The fraction of sp³-hybridized carbons (Fsp3) is 0.848. The molecule has 316 valence electrons. The van der Waals surface area contributed by atoms with Gasteiger partial charge in [-0.3, -0.25) is 9.59 Å². The van der Waals surface area contributed by atoms with E-state index in [0.29, 0.717) is 19.4 Å². The molecule has 0 spiro atoms. The number of allylic oxidation sites excluding steroid dienone is 4. The molecule has 0 aromatic rings. The molecule has 1 atom stereocenters. The van der Waals surface area contributed by atoms with Crippen LogP contribution < -0.4 is 5.32 Å². The number of hydrogen-bond donors (Lipinski definition) is 1. The van der Waals surface area contributed by atoms with Crippen LogP contribution in [0, 0.1) is 0 Å². The summed E-state index contributed by atoms with van der Waals surface area (Å²) in [7, 11) is 0. The van der Waals surface area contributed by atoms with Crippen molar-refractivity contribution in [3.05, 3.63) is 24.3 Å². The highest BCUT2D eigenvalue weighted by atomic mass is 16.6. The lowest BCUT2D eigenvalue weighted by Gasteiger charge is -2.20. The van der Waals surface area contributed by atoms with E-state index in [1.807, 2.05) is 0 Å². The van der Waals surface area contributed by atoms with Crippen molar-refractivity contribution in [3.63, 3.8) is 0 Å². The van der Waals surface area contributed by atoms with Gasteiger partial charge in [-0.1, -0.05) is 155 Å². The smallest absolute Gasteiger partial charge is 0.407 e. The molecule has 0 radical (unpaired) electrons. The van der Waals surface area contributed by atoms with Crippen molar-refractivity contribution in [3.8, 4) is 0 Å². The number of nitrogens with one attached hydrogen (secondary N) is 1. The summed E-state index contributed by atoms with van der Waals surface area (Å²) in [5.41, 5.74) is 0. The molecule has 0 aromatic heterocycles. The molecule has 0 saturated heterocycles. The summed E-state index contributed by atoms with van der Waals surface area (Å²) in [6.07, 6.45) is 39.8. The molecule has 8 heteroatoms. The predicted molar refractivity (Wildman–Crippen MR) is 227 cm³/mol. The van der Waals surface area contributed by atoms with Gasteiger partial charge in [-0.2, -0.15) is 0 Å². The van der Waals surface area contributed by atoms with E-state index in [1.54, 1.807) is 0 Å². The number of alkyl carbamates (subject to hydrolysis) is 1. The van der Waals surface area contributed by atoms with Crippen molar-refractivity contribution in [1.82, 2.24) is 10.2 Å². The van der Waals surface area contributed by atoms with Crippen molar-refractivity contribution in [1.29, 1.82) is 0 Å². The second kappa shape index (κ2) is 41.8. The monoisotopic (exact) mass is 763 g/mol. The molecule has 0 heterocycles. The first-order chi connectivity index (χ1) is 26.5. The highest BCUT2D eigenvalue weighted by Crippen LogP contribution is 2.13. The number of rotatable bonds is 40. The molecule has 0 fully saturated rings. The van der Waals surface area contributed by atoms with E-state index in [1.165, 1.54) is 109 Å². The van der Waals surface area contributed by atoms with E-state index in [4.69, 9.17) is 14.2 Å². The Morgan fingerprint density at radius 2 is 0.926 bits per heavy atom. The summed E-state index contributed by atoms with van der Waals surface area (Å²) < 4.78 is 16.5. The third-order valence-electron chi connectivity index (χ3n) is 10.0. The zero-order valence-corrected chi connectivity index (χ0v) is 35.8. The van der Waals surface area contributed by atoms with Crippen molar-refractivity contribution < 1.29 is 28.6 Å². The lowest BCUT2D eigenvalue weighted by molar-refractivity contribution is -0.158. The van der Waals surface area contributed by atoms with Gasteiger partial charge in [-0.25, -0.2) is 4.79 Å². The third kappa shape index (κ3) is 37.9. The Hall–Kier alpha value is -2.35. The number of nitrogens with zero attached hydrogens (tertiary/aromatic N) is 1. The first-order valence-electron chi connectivity index (χ1n) is 22.7. The first kappa shape index (κ1) is 51.6. The van der Waals surface area contributed by atoms with Gasteiger partial charge in [0.05, 0.1) is 6.54 Å². The average molecular weight is 763 g/mol. The third-order valence-corrected chi connectivity index (χ3v) is 10.0. The highest BCUT2D eigenvalue weighted by Gasteiger charge is 2.19. The Labute approximate surface area is 333 Å². The van der Waals surface area contributed by atoms with Crippen LogP contribution in [0.25, 0.3) is 0 Å². The minimum atomic E-state index is -0.756. The van der Waals surface area contributed by atoms with Gasteiger partial charge in [0.1, 0.15) is 13.2 Å². The van der Waals surface area contributed by atoms with Crippen LogP contribution in [0.15, 0.2) is 24.3 Å². The molecule has 8 nitrogen and oxygen atoms in total. The molecule has 0 aromatic carbocycles. The van der Waals surface area contributed by atoms with Crippen molar-refractivity contribution in [2.24, 2.45) is 0 Å². The molecule has 1 amide bonds. The van der Waals surface area contributed by atoms with Crippen LogP contribution in [-0.4, -0.2) is 68.4 Å². The van der Waals surface area contributed by atoms with Gasteiger partial charge in [-0.15, -0.1) is 0 Å². The Morgan fingerprint density at radius 1 is 0.519 bits per heavy atom. The summed E-state index contributed by atoms with van der Waals surface area (Å²) >= 11 is 0. The fourth-order valence-electron chi connectivity index (χ4n) is 6.37. The van der Waals surface area contributed by atoms with E-state index in [9.17, 15) is 14.4 Å². The molecular weight excluding hydrogens is 677 g/mol. The van der Waals surface area contributed by atoms with Crippen LogP contribution in [0.5, 0.6) is 0 Å². The molecule has 0 saturated carbocycles. The van der Waals surface area contributed by atoms with Gasteiger partial charge in [0, 0.05) is 19.4 Å². The zero-order chi connectivity index (χ0) is 39.6. The molecule has 0 bridgehead atoms. The number of esters is 2. The van der Waals surface area contributed by atoms with E-state index >= 15 is 0 Å². The molecule has 0 rings (SSSR count). The van der Waals surface area contributed by atoms with E-state index in [2.05, 4.69) is 62.2 Å². The molecular formula is C46H86N2O6. The Balaban J connectivity index is 4.31. The number of likely N-dealkylation sites (N-methyl/N-ethyl adjacent to an activating group) is 1. The van der Waals surface area contributed by atoms with Crippen LogP contribution >= 0.6 is 0 Å². The average Bonchev–Trinajstić information content (AvgIpc) is 3.17. The van der Waals surface area contributed by atoms with Crippen LogP contribution in [0.3, 0.4) is 0 Å². The quantitative estimate of drug-likeness (QED) is 0.0287. The molecule has 0 aliphatic heterocycles. The number of carbonyl (C=O) groups excluding carboxylic acids is 3. The Bertz CT molecular complexity index is 904. The van der Waals surface area contributed by atoms with E-state index < -0.39 is 12.2 Å². The number of amides is 1. The summed E-state index contributed by atoms with van der Waals surface area (Å²) in [6, 6.07) is 0. The van der Waals surface area contributed by atoms with Crippen LogP contribution in [0.1, 0.15) is 207 Å². The number of hydrogen-bond acceptors (Lipinski definition) is 7. The summed E-state index contributed by atoms with van der Waals surface area (Å²) in [5, 5.41) is 2.68. The number of carbonyl (C=O) groups is 3. The topological polar surface area (TPSA) is 94.2 Å². The van der Waals surface area contributed by atoms with Gasteiger partial charge in [0.25, 0.3) is 0 Å². The van der Waals surface area contributed by atoms with E-state index in [0.717, 1.165) is 70.9 Å². The van der Waals surface area contributed by atoms with Gasteiger partial charge >= 0.3 is 18.0 Å².